The Balaban J connectivity index is 2.07. The quantitative estimate of drug-likeness (QED) is 0.864. The third kappa shape index (κ3) is 3.42. The van der Waals surface area contributed by atoms with Gasteiger partial charge in [-0.1, -0.05) is 36.4 Å². The molecule has 2 N–H and O–H groups in total. The molecule has 17 heavy (non-hydrogen) atoms. The number of piperidine rings is 1. The summed E-state index contributed by atoms with van der Waals surface area (Å²) in [5.41, 5.74) is 8.23. The highest BCUT2D eigenvalue weighted by Gasteiger charge is 2.17. The second-order valence-electron chi connectivity index (χ2n) is 4.89. The number of hydrogen-bond acceptors (Lipinski definition) is 2. The maximum Gasteiger partial charge on any atom is 0.0110 e. The van der Waals surface area contributed by atoms with E-state index in [1.807, 2.05) is 6.08 Å². The molecule has 1 heterocycles. The fourth-order valence-corrected chi connectivity index (χ4v) is 2.46. The maximum absolute atomic E-state index is 5.48. The van der Waals surface area contributed by atoms with Crippen LogP contribution in [0.2, 0.25) is 0 Å². The predicted molar refractivity (Wildman–Crippen MR) is 74.0 cm³/mol. The van der Waals surface area contributed by atoms with Crippen LogP contribution in [0.25, 0.3) is 6.08 Å². The smallest absolute Gasteiger partial charge is 0.0110 e. The molecule has 1 aliphatic rings. The van der Waals surface area contributed by atoms with Crippen LogP contribution in [0.15, 0.2) is 30.3 Å². The van der Waals surface area contributed by atoms with Crippen molar-refractivity contribution in [2.45, 2.75) is 18.8 Å². The first-order valence-electron chi connectivity index (χ1n) is 6.44. The monoisotopic (exact) mass is 230 g/mol. The van der Waals surface area contributed by atoms with Gasteiger partial charge < -0.3 is 10.6 Å². The third-order valence-corrected chi connectivity index (χ3v) is 3.55. The number of nitrogens with zero attached hydrogens (tertiary/aromatic N) is 1. The van der Waals surface area contributed by atoms with Gasteiger partial charge >= 0.3 is 0 Å². The van der Waals surface area contributed by atoms with Crippen LogP contribution >= 0.6 is 0 Å². The van der Waals surface area contributed by atoms with Gasteiger partial charge in [-0.3, -0.25) is 0 Å². The van der Waals surface area contributed by atoms with Gasteiger partial charge in [-0.15, -0.1) is 0 Å². The zero-order valence-electron chi connectivity index (χ0n) is 10.6. The summed E-state index contributed by atoms with van der Waals surface area (Å²) in [4.78, 5) is 2.41. The van der Waals surface area contributed by atoms with E-state index in [-0.39, 0.29) is 0 Å². The molecule has 0 aliphatic carbocycles. The zero-order chi connectivity index (χ0) is 12.1. The summed E-state index contributed by atoms with van der Waals surface area (Å²) in [7, 11) is 2.20. The first kappa shape index (κ1) is 12.3. The Hall–Kier alpha value is -1.12. The van der Waals surface area contributed by atoms with Crippen LogP contribution in [0.5, 0.6) is 0 Å². The van der Waals surface area contributed by atoms with Crippen molar-refractivity contribution < 1.29 is 0 Å². The average Bonchev–Trinajstić information content (AvgIpc) is 2.37. The van der Waals surface area contributed by atoms with Crippen molar-refractivity contribution in [2.75, 3.05) is 26.7 Å². The first-order valence-corrected chi connectivity index (χ1v) is 6.44. The van der Waals surface area contributed by atoms with Crippen LogP contribution in [-0.2, 0) is 0 Å². The summed E-state index contributed by atoms with van der Waals surface area (Å²) >= 11 is 0. The fourth-order valence-electron chi connectivity index (χ4n) is 2.46. The van der Waals surface area contributed by atoms with E-state index in [0.717, 1.165) is 5.92 Å². The SMILES string of the molecule is CN1CCC(c2cccc(/C=C/CN)c2)CC1. The zero-order valence-corrected chi connectivity index (χ0v) is 10.6. The van der Waals surface area contributed by atoms with Gasteiger partial charge in [-0.25, -0.2) is 0 Å². The Labute approximate surface area is 104 Å². The lowest BCUT2D eigenvalue weighted by atomic mass is 9.89. The van der Waals surface area contributed by atoms with E-state index in [1.165, 1.54) is 37.1 Å². The molecule has 0 atom stereocenters. The van der Waals surface area contributed by atoms with Crippen molar-refractivity contribution in [1.82, 2.24) is 4.90 Å². The lowest BCUT2D eigenvalue weighted by Gasteiger charge is -2.29. The van der Waals surface area contributed by atoms with Crippen LogP contribution < -0.4 is 5.73 Å². The molecule has 1 saturated heterocycles. The van der Waals surface area contributed by atoms with E-state index in [2.05, 4.69) is 42.3 Å². The Morgan fingerprint density at radius 3 is 2.82 bits per heavy atom. The number of hydrogen-bond donors (Lipinski definition) is 1. The number of nitrogens with two attached hydrogens (primary N) is 1. The number of benzene rings is 1. The van der Waals surface area contributed by atoms with E-state index in [4.69, 9.17) is 5.73 Å². The number of rotatable bonds is 3. The van der Waals surface area contributed by atoms with Crippen molar-refractivity contribution in [3.63, 3.8) is 0 Å². The van der Waals surface area contributed by atoms with E-state index in [1.54, 1.807) is 0 Å². The Bertz CT molecular complexity index is 376. The molecular weight excluding hydrogens is 208 g/mol. The summed E-state index contributed by atoms with van der Waals surface area (Å²) in [6.07, 6.45) is 6.67. The van der Waals surface area contributed by atoms with Gasteiger partial charge in [0.25, 0.3) is 0 Å². The molecule has 1 aliphatic heterocycles. The van der Waals surface area contributed by atoms with E-state index in [9.17, 15) is 0 Å². The van der Waals surface area contributed by atoms with E-state index >= 15 is 0 Å². The van der Waals surface area contributed by atoms with Crippen LogP contribution in [0.4, 0.5) is 0 Å². The Morgan fingerprint density at radius 2 is 2.12 bits per heavy atom. The van der Waals surface area contributed by atoms with Gasteiger partial charge in [-0.05, 0) is 50.0 Å². The van der Waals surface area contributed by atoms with Crippen molar-refractivity contribution in [3.05, 3.63) is 41.5 Å². The van der Waals surface area contributed by atoms with Gasteiger partial charge in [0.2, 0.25) is 0 Å². The van der Waals surface area contributed by atoms with Crippen molar-refractivity contribution >= 4 is 6.08 Å². The standard InChI is InChI=1S/C15H22N2/c1-17-10-7-14(8-11-17)15-6-2-4-13(12-15)5-3-9-16/h2-6,12,14H,7-11,16H2,1H3/b5-3+. The second-order valence-corrected chi connectivity index (χ2v) is 4.89. The Morgan fingerprint density at radius 1 is 1.35 bits per heavy atom. The number of likely N-dealkylation sites (tertiary alicyclic amines) is 1. The molecular formula is C15H22N2. The minimum atomic E-state index is 0.610. The molecule has 92 valence electrons. The van der Waals surface area contributed by atoms with E-state index < -0.39 is 0 Å². The highest BCUT2D eigenvalue weighted by Crippen LogP contribution is 2.28. The molecule has 2 nitrogen and oxygen atoms in total. The molecule has 2 rings (SSSR count). The van der Waals surface area contributed by atoms with Gasteiger partial charge in [0.15, 0.2) is 0 Å². The summed E-state index contributed by atoms with van der Waals surface area (Å²) in [5, 5.41) is 0. The molecule has 0 aromatic heterocycles. The molecule has 2 heteroatoms. The van der Waals surface area contributed by atoms with Gasteiger partial charge in [0, 0.05) is 6.54 Å². The first-order chi connectivity index (χ1) is 8.29. The van der Waals surface area contributed by atoms with Crippen molar-refractivity contribution in [2.24, 2.45) is 5.73 Å². The minimum Gasteiger partial charge on any atom is -0.327 e. The predicted octanol–water partition coefficient (Wildman–Crippen LogP) is 2.47. The second kappa shape index (κ2) is 5.99. The Kier molecular flexibility index (Phi) is 4.35. The van der Waals surface area contributed by atoms with Crippen LogP contribution in [0, 0.1) is 0 Å². The van der Waals surface area contributed by atoms with Crippen LogP contribution in [0.3, 0.4) is 0 Å². The molecule has 1 aromatic rings. The van der Waals surface area contributed by atoms with Gasteiger partial charge in [0.1, 0.15) is 0 Å². The summed E-state index contributed by atoms with van der Waals surface area (Å²) in [5.74, 6) is 0.734. The molecule has 0 amide bonds. The molecule has 1 fully saturated rings. The fraction of sp³-hybridized carbons (Fsp3) is 0.467. The summed E-state index contributed by atoms with van der Waals surface area (Å²) in [6.45, 7) is 3.04. The maximum atomic E-state index is 5.48. The van der Waals surface area contributed by atoms with Gasteiger partial charge in [-0.2, -0.15) is 0 Å². The highest BCUT2D eigenvalue weighted by atomic mass is 15.1. The largest absolute Gasteiger partial charge is 0.327 e. The summed E-state index contributed by atoms with van der Waals surface area (Å²) < 4.78 is 0. The molecule has 1 aromatic carbocycles. The summed E-state index contributed by atoms with van der Waals surface area (Å²) in [6, 6.07) is 8.87. The molecule has 0 bridgehead atoms. The normalized spacial score (nSPS) is 18.9. The lowest BCUT2D eigenvalue weighted by molar-refractivity contribution is 0.255. The lowest BCUT2D eigenvalue weighted by Crippen LogP contribution is -2.29. The average molecular weight is 230 g/mol. The molecule has 0 unspecified atom stereocenters. The molecule has 0 saturated carbocycles. The van der Waals surface area contributed by atoms with Crippen LogP contribution in [0.1, 0.15) is 29.9 Å². The van der Waals surface area contributed by atoms with Crippen molar-refractivity contribution in [3.8, 4) is 0 Å². The minimum absolute atomic E-state index is 0.610. The van der Waals surface area contributed by atoms with E-state index in [0.29, 0.717) is 6.54 Å². The van der Waals surface area contributed by atoms with Crippen molar-refractivity contribution in [1.29, 1.82) is 0 Å². The van der Waals surface area contributed by atoms with Gasteiger partial charge in [0.05, 0.1) is 0 Å². The topological polar surface area (TPSA) is 29.3 Å². The third-order valence-electron chi connectivity index (χ3n) is 3.55. The molecule has 0 radical (unpaired) electrons. The molecule has 0 spiro atoms. The highest BCUT2D eigenvalue weighted by molar-refractivity contribution is 5.50. The van der Waals surface area contributed by atoms with Crippen LogP contribution in [-0.4, -0.2) is 31.6 Å².